The molecule has 2 fully saturated rings. The predicted molar refractivity (Wildman–Crippen MR) is 153 cm³/mol. The zero-order valence-electron chi connectivity index (χ0n) is 22.8. The largest absolute Gasteiger partial charge is 0.459 e. The maximum absolute atomic E-state index is 14.0. The highest BCUT2D eigenvalue weighted by Crippen LogP contribution is 2.47. The molecule has 38 heavy (non-hydrogen) atoms. The first-order valence-electron chi connectivity index (χ1n) is 13.6. The number of rotatable bonds is 9. The summed E-state index contributed by atoms with van der Waals surface area (Å²) in [5.74, 6) is 3.56. The fraction of sp³-hybridized carbons (Fsp3) is 0.419. The molecule has 0 bridgehead atoms. The van der Waals surface area contributed by atoms with Crippen molar-refractivity contribution in [3.8, 4) is 5.75 Å². The number of ether oxygens (including phenoxy) is 1. The molecule has 1 aromatic heterocycles. The number of anilines is 4. The van der Waals surface area contributed by atoms with E-state index >= 15 is 0 Å². The molecular formula is C31H38FN5O. The van der Waals surface area contributed by atoms with Crippen LogP contribution in [0.3, 0.4) is 0 Å². The van der Waals surface area contributed by atoms with Crippen LogP contribution >= 0.6 is 0 Å². The molecule has 0 radical (unpaired) electrons. The second-order valence-electron chi connectivity index (χ2n) is 10.7. The van der Waals surface area contributed by atoms with Crippen molar-refractivity contribution in [2.24, 2.45) is 11.8 Å². The summed E-state index contributed by atoms with van der Waals surface area (Å²) in [6.07, 6.45) is 5.48. The Morgan fingerprint density at radius 1 is 1.16 bits per heavy atom. The van der Waals surface area contributed by atoms with E-state index < -0.39 is 6.36 Å². The molecule has 3 aromatic rings. The normalized spacial score (nSPS) is 21.7. The number of alkyl halides is 1. The van der Waals surface area contributed by atoms with Crippen LogP contribution in [0.2, 0.25) is 0 Å². The van der Waals surface area contributed by atoms with Crippen LogP contribution < -0.4 is 15.4 Å². The third-order valence-corrected chi connectivity index (χ3v) is 7.95. The number of aryl methyl sites for hydroxylation is 2. The van der Waals surface area contributed by atoms with Crippen molar-refractivity contribution in [1.82, 2.24) is 14.9 Å². The fourth-order valence-electron chi connectivity index (χ4n) is 6.12. The molecule has 2 heterocycles. The van der Waals surface area contributed by atoms with Crippen molar-refractivity contribution in [3.63, 3.8) is 0 Å². The maximum atomic E-state index is 14.0. The summed E-state index contributed by atoms with van der Waals surface area (Å²) in [5.41, 5.74) is 5.99. The van der Waals surface area contributed by atoms with Gasteiger partial charge in [-0.1, -0.05) is 37.8 Å². The van der Waals surface area contributed by atoms with Crippen LogP contribution in [0, 0.1) is 18.8 Å². The molecule has 2 aliphatic rings. The van der Waals surface area contributed by atoms with Crippen LogP contribution in [-0.2, 0) is 6.42 Å². The number of halogens is 1. The first-order valence-corrected chi connectivity index (χ1v) is 13.6. The van der Waals surface area contributed by atoms with E-state index in [1.165, 1.54) is 44.0 Å². The van der Waals surface area contributed by atoms with Crippen LogP contribution in [0.4, 0.5) is 27.5 Å². The Kier molecular flexibility index (Phi) is 7.65. The zero-order chi connectivity index (χ0) is 26.8. The number of hydrogen-bond donors (Lipinski definition) is 2. The molecule has 4 atom stereocenters. The number of nitrogens with zero attached hydrogens (tertiary/aromatic N) is 3. The van der Waals surface area contributed by atoms with Gasteiger partial charge in [-0.3, -0.25) is 0 Å². The SMILES string of the molecule is C=Cc1c(CC)cccc1Nc1nc(Nc2ccc(C3C[C@@H]4CN(C)C[C@@H]4C3)cc2OC(C)F)ncc1C. The minimum atomic E-state index is -1.43. The molecule has 1 saturated heterocycles. The molecule has 6 nitrogen and oxygen atoms in total. The van der Waals surface area contributed by atoms with Crippen molar-refractivity contribution in [2.45, 2.75) is 52.3 Å². The molecule has 2 aromatic carbocycles. The lowest BCUT2D eigenvalue weighted by Crippen LogP contribution is -2.16. The number of benzene rings is 2. The van der Waals surface area contributed by atoms with Gasteiger partial charge in [-0.05, 0) is 80.3 Å². The first kappa shape index (κ1) is 26.2. The second kappa shape index (κ2) is 11.1. The highest BCUT2D eigenvalue weighted by atomic mass is 19.1. The smallest absolute Gasteiger partial charge is 0.235 e. The monoisotopic (exact) mass is 515 g/mol. The lowest BCUT2D eigenvalue weighted by atomic mass is 9.95. The Bertz CT molecular complexity index is 1300. The highest BCUT2D eigenvalue weighted by Gasteiger charge is 2.40. The van der Waals surface area contributed by atoms with Gasteiger partial charge in [0.25, 0.3) is 0 Å². The number of aromatic nitrogens is 2. The van der Waals surface area contributed by atoms with E-state index in [0.717, 1.165) is 35.1 Å². The van der Waals surface area contributed by atoms with Gasteiger partial charge in [0.1, 0.15) is 11.6 Å². The van der Waals surface area contributed by atoms with Gasteiger partial charge in [0, 0.05) is 43.0 Å². The molecule has 5 rings (SSSR count). The lowest BCUT2D eigenvalue weighted by Gasteiger charge is -2.19. The van der Waals surface area contributed by atoms with Crippen LogP contribution in [0.25, 0.3) is 6.08 Å². The molecule has 1 saturated carbocycles. The summed E-state index contributed by atoms with van der Waals surface area (Å²) in [7, 11) is 2.21. The summed E-state index contributed by atoms with van der Waals surface area (Å²) < 4.78 is 19.6. The van der Waals surface area contributed by atoms with Crippen molar-refractivity contribution >= 4 is 29.2 Å². The average molecular weight is 516 g/mol. The number of likely N-dealkylation sites (tertiary alicyclic amines) is 1. The molecule has 1 aliphatic heterocycles. The summed E-state index contributed by atoms with van der Waals surface area (Å²) in [6.45, 7) is 11.8. The van der Waals surface area contributed by atoms with Crippen molar-refractivity contribution < 1.29 is 9.13 Å². The fourth-order valence-corrected chi connectivity index (χ4v) is 6.12. The summed E-state index contributed by atoms with van der Waals surface area (Å²) in [6, 6.07) is 12.2. The van der Waals surface area contributed by atoms with Crippen LogP contribution in [0.1, 0.15) is 54.9 Å². The van der Waals surface area contributed by atoms with Crippen LogP contribution in [0.5, 0.6) is 5.75 Å². The third-order valence-electron chi connectivity index (χ3n) is 7.95. The van der Waals surface area contributed by atoms with Crippen molar-refractivity contribution in [2.75, 3.05) is 30.8 Å². The van der Waals surface area contributed by atoms with E-state index in [9.17, 15) is 4.39 Å². The summed E-state index contributed by atoms with van der Waals surface area (Å²) >= 11 is 0. The summed E-state index contributed by atoms with van der Waals surface area (Å²) in [5, 5.41) is 6.72. The number of nitrogens with one attached hydrogen (secondary N) is 2. The first-order chi connectivity index (χ1) is 18.3. The Labute approximate surface area is 225 Å². The number of fused-ring (bicyclic) bond motifs is 1. The third kappa shape index (κ3) is 5.53. The van der Waals surface area contributed by atoms with Gasteiger partial charge < -0.3 is 20.3 Å². The zero-order valence-corrected chi connectivity index (χ0v) is 22.8. The van der Waals surface area contributed by atoms with E-state index in [1.807, 2.05) is 37.3 Å². The molecule has 1 aliphatic carbocycles. The van der Waals surface area contributed by atoms with E-state index in [0.29, 0.717) is 29.1 Å². The molecule has 2 unspecified atom stereocenters. The minimum absolute atomic E-state index is 0.410. The van der Waals surface area contributed by atoms with Gasteiger partial charge in [0.05, 0.1) is 5.69 Å². The Hall–Kier alpha value is -3.45. The van der Waals surface area contributed by atoms with E-state index in [4.69, 9.17) is 9.72 Å². The second-order valence-corrected chi connectivity index (χ2v) is 10.7. The van der Waals surface area contributed by atoms with Crippen LogP contribution in [0.15, 0.2) is 49.2 Å². The van der Waals surface area contributed by atoms with Gasteiger partial charge in [-0.2, -0.15) is 4.98 Å². The molecule has 0 amide bonds. The van der Waals surface area contributed by atoms with Gasteiger partial charge in [-0.25, -0.2) is 9.37 Å². The minimum Gasteiger partial charge on any atom is -0.459 e. The van der Waals surface area contributed by atoms with Gasteiger partial charge in [0.2, 0.25) is 12.3 Å². The summed E-state index contributed by atoms with van der Waals surface area (Å²) in [4.78, 5) is 11.7. The van der Waals surface area contributed by atoms with E-state index in [2.05, 4.69) is 53.2 Å². The quantitative estimate of drug-likeness (QED) is 0.314. The van der Waals surface area contributed by atoms with Crippen LogP contribution in [-0.4, -0.2) is 41.4 Å². The van der Waals surface area contributed by atoms with Gasteiger partial charge in [-0.15, -0.1) is 0 Å². The Balaban J connectivity index is 1.38. The van der Waals surface area contributed by atoms with Gasteiger partial charge in [0.15, 0.2) is 0 Å². The molecule has 2 N–H and O–H groups in total. The van der Waals surface area contributed by atoms with Gasteiger partial charge >= 0.3 is 0 Å². The van der Waals surface area contributed by atoms with Crippen molar-refractivity contribution in [3.05, 3.63) is 71.4 Å². The van der Waals surface area contributed by atoms with E-state index in [1.54, 1.807) is 6.20 Å². The molecule has 200 valence electrons. The average Bonchev–Trinajstić information content (AvgIpc) is 3.44. The predicted octanol–water partition coefficient (Wildman–Crippen LogP) is 7.23. The molecule has 0 spiro atoms. The maximum Gasteiger partial charge on any atom is 0.235 e. The number of hydrogen-bond acceptors (Lipinski definition) is 6. The van der Waals surface area contributed by atoms with Crippen molar-refractivity contribution in [1.29, 1.82) is 0 Å². The lowest BCUT2D eigenvalue weighted by molar-refractivity contribution is 0.0867. The van der Waals surface area contributed by atoms with E-state index in [-0.39, 0.29) is 0 Å². The topological polar surface area (TPSA) is 62.3 Å². The highest BCUT2D eigenvalue weighted by molar-refractivity contribution is 5.74. The standard InChI is InChI=1S/C31H38FN5O/c1-6-21-9-8-10-27(26(21)7-2)34-30-19(3)16-33-31(36-30)35-28-12-11-22(15-29(28)38-20(4)32)23-13-24-17-37(5)18-25(24)14-23/h7-12,15-16,20,23-25H,2,6,13-14,17-18H2,1,3-5H3,(H2,33,34,35,36)/t20?,23?,24-,25+. The molecule has 7 heteroatoms. The molecular weight excluding hydrogens is 477 g/mol. The Morgan fingerprint density at radius 2 is 1.92 bits per heavy atom. The Morgan fingerprint density at radius 3 is 2.61 bits per heavy atom.